The van der Waals surface area contributed by atoms with Crippen molar-refractivity contribution in [1.29, 1.82) is 0 Å². The monoisotopic (exact) mass is 232 g/mol. The standard InChI is InChI=1S/C13H13FN2O/c14-12-5-4-10(8-15)11(7-12)9-16-6-2-1-3-13(16)17/h1-7H,8-9,15H2. The zero-order chi connectivity index (χ0) is 12.3. The summed E-state index contributed by atoms with van der Waals surface area (Å²) in [6.07, 6.45) is 1.67. The fourth-order valence-corrected chi connectivity index (χ4v) is 1.72. The topological polar surface area (TPSA) is 48.0 Å². The van der Waals surface area contributed by atoms with Crippen molar-refractivity contribution in [1.82, 2.24) is 4.57 Å². The molecule has 1 aromatic heterocycles. The average molecular weight is 232 g/mol. The smallest absolute Gasteiger partial charge is 0.250 e. The predicted molar refractivity (Wildman–Crippen MR) is 64.1 cm³/mol. The molecule has 0 unspecified atom stereocenters. The van der Waals surface area contributed by atoms with Crippen LogP contribution in [0, 0.1) is 5.82 Å². The third kappa shape index (κ3) is 2.60. The molecule has 0 atom stereocenters. The SMILES string of the molecule is NCc1ccc(F)cc1Cn1ccccc1=O. The van der Waals surface area contributed by atoms with E-state index < -0.39 is 0 Å². The van der Waals surface area contributed by atoms with Gasteiger partial charge in [0.1, 0.15) is 5.82 Å². The van der Waals surface area contributed by atoms with E-state index in [1.807, 2.05) is 0 Å². The fourth-order valence-electron chi connectivity index (χ4n) is 1.72. The largest absolute Gasteiger partial charge is 0.326 e. The summed E-state index contributed by atoms with van der Waals surface area (Å²) in [4.78, 5) is 11.5. The van der Waals surface area contributed by atoms with Crippen LogP contribution in [-0.2, 0) is 13.1 Å². The van der Waals surface area contributed by atoms with Gasteiger partial charge in [0.2, 0.25) is 0 Å². The molecule has 17 heavy (non-hydrogen) atoms. The van der Waals surface area contributed by atoms with E-state index in [-0.39, 0.29) is 11.4 Å². The van der Waals surface area contributed by atoms with Crippen LogP contribution in [0.25, 0.3) is 0 Å². The Morgan fingerprint density at radius 1 is 1.18 bits per heavy atom. The lowest BCUT2D eigenvalue weighted by Crippen LogP contribution is -2.19. The van der Waals surface area contributed by atoms with Crippen molar-refractivity contribution in [2.24, 2.45) is 5.73 Å². The highest BCUT2D eigenvalue weighted by molar-refractivity contribution is 5.28. The van der Waals surface area contributed by atoms with Crippen LogP contribution in [0.5, 0.6) is 0 Å². The van der Waals surface area contributed by atoms with Crippen LogP contribution in [0.15, 0.2) is 47.4 Å². The molecule has 0 bridgehead atoms. The summed E-state index contributed by atoms with van der Waals surface area (Å²) in [5, 5.41) is 0. The number of nitrogens with zero attached hydrogens (tertiary/aromatic N) is 1. The number of hydrogen-bond acceptors (Lipinski definition) is 2. The van der Waals surface area contributed by atoms with Gasteiger partial charge in [-0.3, -0.25) is 4.79 Å². The lowest BCUT2D eigenvalue weighted by Gasteiger charge is -2.09. The quantitative estimate of drug-likeness (QED) is 0.871. The van der Waals surface area contributed by atoms with Crippen LogP contribution in [0.1, 0.15) is 11.1 Å². The van der Waals surface area contributed by atoms with Gasteiger partial charge in [-0.05, 0) is 29.3 Å². The summed E-state index contributed by atoms with van der Waals surface area (Å²) in [7, 11) is 0. The first-order chi connectivity index (χ1) is 8.20. The molecular formula is C13H13FN2O. The van der Waals surface area contributed by atoms with Crippen LogP contribution in [0.4, 0.5) is 4.39 Å². The lowest BCUT2D eigenvalue weighted by atomic mass is 10.1. The Hall–Kier alpha value is -1.94. The number of halogens is 1. The van der Waals surface area contributed by atoms with Crippen LogP contribution in [0.3, 0.4) is 0 Å². The zero-order valence-electron chi connectivity index (χ0n) is 9.27. The molecule has 1 aromatic carbocycles. The van der Waals surface area contributed by atoms with Crippen molar-refractivity contribution in [3.05, 3.63) is 69.9 Å². The first-order valence-electron chi connectivity index (χ1n) is 5.33. The molecule has 3 nitrogen and oxygen atoms in total. The Morgan fingerprint density at radius 2 is 2.00 bits per heavy atom. The first kappa shape index (κ1) is 11.5. The molecule has 4 heteroatoms. The Kier molecular flexibility index (Phi) is 3.35. The van der Waals surface area contributed by atoms with E-state index in [0.29, 0.717) is 13.1 Å². The van der Waals surface area contributed by atoms with E-state index in [9.17, 15) is 9.18 Å². The van der Waals surface area contributed by atoms with E-state index >= 15 is 0 Å². The van der Waals surface area contributed by atoms with Gasteiger partial charge in [0.15, 0.2) is 0 Å². The Morgan fingerprint density at radius 3 is 2.71 bits per heavy atom. The highest BCUT2D eigenvalue weighted by atomic mass is 19.1. The average Bonchev–Trinajstić information content (AvgIpc) is 2.32. The minimum absolute atomic E-state index is 0.111. The van der Waals surface area contributed by atoms with Gasteiger partial charge in [-0.1, -0.05) is 12.1 Å². The number of pyridine rings is 1. The summed E-state index contributed by atoms with van der Waals surface area (Å²) >= 11 is 0. The molecule has 0 aliphatic rings. The van der Waals surface area contributed by atoms with Gasteiger partial charge in [-0.25, -0.2) is 4.39 Å². The molecule has 2 N–H and O–H groups in total. The maximum Gasteiger partial charge on any atom is 0.250 e. The Bertz CT molecular complexity index is 578. The van der Waals surface area contributed by atoms with Crippen LogP contribution in [-0.4, -0.2) is 4.57 Å². The minimum Gasteiger partial charge on any atom is -0.326 e. The number of rotatable bonds is 3. The molecule has 88 valence electrons. The van der Waals surface area contributed by atoms with Gasteiger partial charge >= 0.3 is 0 Å². The first-order valence-corrected chi connectivity index (χ1v) is 5.33. The normalized spacial score (nSPS) is 10.5. The second kappa shape index (κ2) is 4.93. The van der Waals surface area contributed by atoms with Gasteiger partial charge in [0, 0.05) is 18.8 Å². The maximum absolute atomic E-state index is 13.2. The van der Waals surface area contributed by atoms with E-state index in [1.165, 1.54) is 22.8 Å². The van der Waals surface area contributed by atoms with E-state index in [1.54, 1.807) is 24.4 Å². The third-order valence-corrected chi connectivity index (χ3v) is 2.63. The van der Waals surface area contributed by atoms with Crippen LogP contribution >= 0.6 is 0 Å². The van der Waals surface area contributed by atoms with E-state index in [0.717, 1.165) is 11.1 Å². The number of nitrogens with two attached hydrogens (primary N) is 1. The summed E-state index contributed by atoms with van der Waals surface area (Å²) in [5.41, 5.74) is 7.06. The van der Waals surface area contributed by atoms with Crippen molar-refractivity contribution in [3.63, 3.8) is 0 Å². The van der Waals surface area contributed by atoms with Gasteiger partial charge in [0.05, 0.1) is 6.54 Å². The fraction of sp³-hybridized carbons (Fsp3) is 0.154. The molecule has 0 spiro atoms. The summed E-state index contributed by atoms with van der Waals surface area (Å²) in [5.74, 6) is -0.318. The summed E-state index contributed by atoms with van der Waals surface area (Å²) in [6.45, 7) is 0.668. The summed E-state index contributed by atoms with van der Waals surface area (Å²) in [6, 6.07) is 9.36. The van der Waals surface area contributed by atoms with Crippen LogP contribution in [0.2, 0.25) is 0 Å². The Labute approximate surface area is 98.3 Å². The molecular weight excluding hydrogens is 219 g/mol. The highest BCUT2D eigenvalue weighted by Crippen LogP contribution is 2.11. The third-order valence-electron chi connectivity index (χ3n) is 2.63. The van der Waals surface area contributed by atoms with Gasteiger partial charge < -0.3 is 10.3 Å². The van der Waals surface area contributed by atoms with E-state index in [2.05, 4.69) is 0 Å². The molecule has 0 aliphatic heterocycles. The van der Waals surface area contributed by atoms with Gasteiger partial charge in [0.25, 0.3) is 5.56 Å². The van der Waals surface area contributed by atoms with Crippen molar-refractivity contribution < 1.29 is 4.39 Å². The lowest BCUT2D eigenvalue weighted by molar-refractivity contribution is 0.621. The number of aromatic nitrogens is 1. The van der Waals surface area contributed by atoms with Crippen LogP contribution < -0.4 is 11.3 Å². The minimum atomic E-state index is -0.318. The van der Waals surface area contributed by atoms with Gasteiger partial charge in [-0.15, -0.1) is 0 Å². The van der Waals surface area contributed by atoms with E-state index in [4.69, 9.17) is 5.73 Å². The van der Waals surface area contributed by atoms with Crippen molar-refractivity contribution in [2.45, 2.75) is 13.1 Å². The number of benzene rings is 1. The Balaban J connectivity index is 2.39. The number of hydrogen-bond donors (Lipinski definition) is 1. The van der Waals surface area contributed by atoms with Crippen molar-refractivity contribution in [2.75, 3.05) is 0 Å². The molecule has 0 saturated carbocycles. The molecule has 0 fully saturated rings. The predicted octanol–water partition coefficient (Wildman–Crippen LogP) is 1.49. The molecule has 0 amide bonds. The van der Waals surface area contributed by atoms with Gasteiger partial charge in [-0.2, -0.15) is 0 Å². The highest BCUT2D eigenvalue weighted by Gasteiger charge is 2.04. The van der Waals surface area contributed by atoms with Crippen molar-refractivity contribution in [3.8, 4) is 0 Å². The molecule has 2 aromatic rings. The van der Waals surface area contributed by atoms with Crippen molar-refractivity contribution >= 4 is 0 Å². The molecule has 1 heterocycles. The molecule has 0 radical (unpaired) electrons. The summed E-state index contributed by atoms with van der Waals surface area (Å²) < 4.78 is 14.7. The zero-order valence-corrected chi connectivity index (χ0v) is 9.27. The molecule has 0 aliphatic carbocycles. The molecule has 0 saturated heterocycles. The maximum atomic E-state index is 13.2. The molecule has 2 rings (SSSR count). The second-order valence-corrected chi connectivity index (χ2v) is 3.78. The second-order valence-electron chi connectivity index (χ2n) is 3.78.